The molecule has 0 radical (unpaired) electrons. The summed E-state index contributed by atoms with van der Waals surface area (Å²) in [6, 6.07) is -0.947. The fraction of sp³-hybridized carbons (Fsp3) is 0.909. The summed E-state index contributed by atoms with van der Waals surface area (Å²) in [7, 11) is 0. The molecule has 1 rings (SSSR count). The zero-order valence-electron chi connectivity index (χ0n) is 11.6. The van der Waals surface area contributed by atoms with Crippen molar-refractivity contribution in [3.05, 3.63) is 10.4 Å². The number of carbonyl (C=O) groups excluding carboxylic acids is 1. The minimum Gasteiger partial charge on any atom is -0.598 e. The Hall–Kier alpha value is -0.950. The average molecular weight is 288 g/mol. The van der Waals surface area contributed by atoms with E-state index in [9.17, 15) is 9.35 Å². The fourth-order valence-electron chi connectivity index (χ4n) is 1.67. The molecule has 19 heavy (non-hydrogen) atoms. The number of carbonyl (C=O) groups is 1. The van der Waals surface area contributed by atoms with Gasteiger partial charge in [-0.2, -0.15) is 0 Å². The first-order valence-corrected chi connectivity index (χ1v) is 7.33. The van der Waals surface area contributed by atoms with Gasteiger partial charge in [-0.25, -0.2) is 0 Å². The highest BCUT2D eigenvalue weighted by atomic mass is 32.2. The van der Waals surface area contributed by atoms with Crippen molar-refractivity contribution in [1.82, 2.24) is 4.72 Å². The Labute approximate surface area is 116 Å². The van der Waals surface area contributed by atoms with Gasteiger partial charge in [-0.1, -0.05) is 5.11 Å². The number of cyclic esters (lactones) is 1. The van der Waals surface area contributed by atoms with Gasteiger partial charge in [0.1, 0.15) is 16.9 Å². The van der Waals surface area contributed by atoms with Crippen molar-refractivity contribution in [2.45, 2.75) is 63.5 Å². The number of hydrogen-bond donors (Lipinski definition) is 1. The van der Waals surface area contributed by atoms with Crippen LogP contribution in [0.3, 0.4) is 0 Å². The van der Waals surface area contributed by atoms with Crippen LogP contribution in [0.1, 0.15) is 40.5 Å². The van der Waals surface area contributed by atoms with Crippen molar-refractivity contribution in [1.29, 1.82) is 0 Å². The highest BCUT2D eigenvalue weighted by Gasteiger charge is 2.36. The quantitative estimate of drug-likeness (QED) is 0.279. The smallest absolute Gasteiger partial charge is 0.315 e. The van der Waals surface area contributed by atoms with Crippen LogP contribution < -0.4 is 4.72 Å². The molecule has 1 saturated heterocycles. The second-order valence-corrected chi connectivity index (χ2v) is 7.56. The van der Waals surface area contributed by atoms with Crippen LogP contribution in [-0.2, 0) is 20.9 Å². The highest BCUT2D eigenvalue weighted by molar-refractivity contribution is 7.90. The zero-order valence-corrected chi connectivity index (χ0v) is 12.4. The Morgan fingerprint density at radius 1 is 1.58 bits per heavy atom. The van der Waals surface area contributed by atoms with Crippen molar-refractivity contribution >= 4 is 17.3 Å². The first-order chi connectivity index (χ1) is 8.75. The van der Waals surface area contributed by atoms with E-state index in [1.165, 1.54) is 0 Å². The summed E-state index contributed by atoms with van der Waals surface area (Å²) >= 11 is -1.22. The fourth-order valence-corrected chi connectivity index (χ4v) is 2.51. The molecule has 0 amide bonds. The molecule has 1 unspecified atom stereocenters. The molecule has 108 valence electrons. The number of azide groups is 1. The van der Waals surface area contributed by atoms with Crippen molar-refractivity contribution in [2.24, 2.45) is 5.11 Å². The topological polar surface area (TPSA) is 110 Å². The van der Waals surface area contributed by atoms with Gasteiger partial charge < -0.3 is 9.29 Å². The molecule has 1 aliphatic rings. The number of hydrogen-bond acceptors (Lipinski definition) is 5. The molecule has 1 aliphatic heterocycles. The van der Waals surface area contributed by atoms with Crippen LogP contribution in [0.25, 0.3) is 10.4 Å². The van der Waals surface area contributed by atoms with Crippen LogP contribution >= 0.6 is 0 Å². The second kappa shape index (κ2) is 6.47. The summed E-state index contributed by atoms with van der Waals surface area (Å²) in [5, 5.41) is 3.38. The van der Waals surface area contributed by atoms with E-state index in [4.69, 9.17) is 10.3 Å². The van der Waals surface area contributed by atoms with E-state index < -0.39 is 23.4 Å². The molecule has 0 aliphatic carbocycles. The van der Waals surface area contributed by atoms with Gasteiger partial charge in [-0.15, -0.1) is 4.72 Å². The van der Waals surface area contributed by atoms with Crippen LogP contribution in [0.2, 0.25) is 0 Å². The number of rotatable bonds is 4. The van der Waals surface area contributed by atoms with Crippen molar-refractivity contribution in [2.75, 3.05) is 0 Å². The van der Waals surface area contributed by atoms with Crippen molar-refractivity contribution in [3.8, 4) is 0 Å². The van der Waals surface area contributed by atoms with Crippen LogP contribution in [0.15, 0.2) is 5.11 Å². The van der Waals surface area contributed by atoms with E-state index in [-0.39, 0.29) is 16.9 Å². The summed E-state index contributed by atoms with van der Waals surface area (Å²) < 4.78 is 19.8. The van der Waals surface area contributed by atoms with Gasteiger partial charge in [0, 0.05) is 16.3 Å². The Bertz CT molecular complexity index is 379. The largest absolute Gasteiger partial charge is 0.598 e. The maximum atomic E-state index is 12.0. The third kappa shape index (κ3) is 4.58. The van der Waals surface area contributed by atoms with Gasteiger partial charge in [-0.05, 0) is 46.1 Å². The SMILES string of the molecule is C[C@@H](N[S@+]([O-])C(C)(C)C)[C@@H]1CCC(N=[N+]=[N-])C(=O)O1. The molecular formula is C11H20N4O3S. The van der Waals surface area contributed by atoms with Gasteiger partial charge in [0.15, 0.2) is 0 Å². The Morgan fingerprint density at radius 3 is 2.68 bits per heavy atom. The lowest BCUT2D eigenvalue weighted by molar-refractivity contribution is -0.157. The Balaban J connectivity index is 2.54. The molecule has 1 fully saturated rings. The van der Waals surface area contributed by atoms with E-state index in [0.29, 0.717) is 12.8 Å². The average Bonchev–Trinajstić information content (AvgIpc) is 2.30. The number of esters is 1. The van der Waals surface area contributed by atoms with Crippen LogP contribution in [0.4, 0.5) is 0 Å². The van der Waals surface area contributed by atoms with Gasteiger partial charge in [0.05, 0.1) is 6.04 Å². The second-order valence-electron chi connectivity index (χ2n) is 5.56. The van der Waals surface area contributed by atoms with Crippen molar-refractivity contribution < 1.29 is 14.1 Å². The molecule has 0 aromatic heterocycles. The van der Waals surface area contributed by atoms with E-state index >= 15 is 0 Å². The first kappa shape index (κ1) is 16.1. The molecule has 0 saturated carbocycles. The molecule has 1 heterocycles. The minimum absolute atomic E-state index is 0.212. The molecular weight excluding hydrogens is 268 g/mol. The lowest BCUT2D eigenvalue weighted by Gasteiger charge is -2.33. The summed E-state index contributed by atoms with van der Waals surface area (Å²) in [5.74, 6) is -0.510. The molecule has 8 heteroatoms. The predicted octanol–water partition coefficient (Wildman–Crippen LogP) is 1.81. The predicted molar refractivity (Wildman–Crippen MR) is 72.5 cm³/mol. The van der Waals surface area contributed by atoms with Gasteiger partial charge >= 0.3 is 5.97 Å². The van der Waals surface area contributed by atoms with Crippen molar-refractivity contribution in [3.63, 3.8) is 0 Å². The van der Waals surface area contributed by atoms with Crippen LogP contribution in [-0.4, -0.2) is 33.5 Å². The standard InChI is InChI=1S/C11H20N4O3S/c1-7(14-19(17)11(2,3)4)9-6-5-8(13-15-12)10(16)18-9/h7-9,14H,5-6H2,1-4H3/t7-,8?,9+,19-/m1/s1. The summed E-state index contributed by atoms with van der Waals surface area (Å²) in [6.45, 7) is 7.43. The summed E-state index contributed by atoms with van der Waals surface area (Å²) in [6.07, 6.45) is 0.705. The normalized spacial score (nSPS) is 27.1. The molecule has 0 bridgehead atoms. The summed E-state index contributed by atoms with van der Waals surface area (Å²) in [5.41, 5.74) is 8.32. The number of ether oxygens (including phenoxy) is 1. The lowest BCUT2D eigenvalue weighted by atomic mass is 10.0. The maximum absolute atomic E-state index is 12.0. The Kier molecular flexibility index (Phi) is 5.49. The third-order valence-electron chi connectivity index (χ3n) is 2.86. The van der Waals surface area contributed by atoms with E-state index in [2.05, 4.69) is 14.7 Å². The monoisotopic (exact) mass is 288 g/mol. The summed E-state index contributed by atoms with van der Waals surface area (Å²) in [4.78, 5) is 14.2. The highest BCUT2D eigenvalue weighted by Crippen LogP contribution is 2.22. The van der Waals surface area contributed by atoms with E-state index in [0.717, 1.165) is 0 Å². The molecule has 0 aromatic carbocycles. The molecule has 1 N–H and O–H groups in total. The van der Waals surface area contributed by atoms with Gasteiger partial charge in [0.2, 0.25) is 0 Å². The third-order valence-corrected chi connectivity index (χ3v) is 4.56. The Morgan fingerprint density at radius 2 is 2.21 bits per heavy atom. The molecule has 0 spiro atoms. The first-order valence-electron chi connectivity index (χ1n) is 6.18. The minimum atomic E-state index is -1.22. The maximum Gasteiger partial charge on any atom is 0.315 e. The zero-order chi connectivity index (χ0) is 14.6. The molecule has 4 atom stereocenters. The van der Waals surface area contributed by atoms with Crippen LogP contribution in [0.5, 0.6) is 0 Å². The van der Waals surface area contributed by atoms with E-state index in [1.807, 2.05) is 27.7 Å². The van der Waals surface area contributed by atoms with Gasteiger partial charge in [-0.3, -0.25) is 4.79 Å². The van der Waals surface area contributed by atoms with Crippen LogP contribution in [0, 0.1) is 0 Å². The van der Waals surface area contributed by atoms with Gasteiger partial charge in [0.25, 0.3) is 0 Å². The number of nitrogens with zero attached hydrogens (tertiary/aromatic N) is 3. The molecule has 0 aromatic rings. The molecule has 7 nitrogen and oxygen atoms in total. The van der Waals surface area contributed by atoms with E-state index in [1.54, 1.807) is 0 Å². The lowest BCUT2D eigenvalue weighted by Crippen LogP contribution is -2.51. The number of nitrogens with one attached hydrogen (secondary N) is 1.